The molecule has 1 heterocycles. The largest absolute Gasteiger partial charge is 0.324 e. The molecule has 0 aromatic heterocycles. The van der Waals surface area contributed by atoms with Crippen LogP contribution in [0.25, 0.3) is 21.5 Å². The molecule has 0 saturated carbocycles. The number of fused-ring (bicyclic) bond motifs is 2. The standard InChI is InChI=1S/C19H18N2O/c22-19(17-10-5-11-20-17)21-18-15-8-3-1-6-13(15)12-14-7-2-4-9-16(14)18/h1-4,6-9,12,17,20H,5,10-11H2,(H,21,22). The first-order valence-corrected chi connectivity index (χ1v) is 7.78. The predicted octanol–water partition coefficient (Wildman–Crippen LogP) is 3.68. The smallest absolute Gasteiger partial charge is 0.241 e. The molecule has 0 bridgehead atoms. The fourth-order valence-electron chi connectivity index (χ4n) is 3.27. The van der Waals surface area contributed by atoms with E-state index in [1.54, 1.807) is 0 Å². The van der Waals surface area contributed by atoms with Gasteiger partial charge in [0.05, 0.1) is 11.7 Å². The van der Waals surface area contributed by atoms with Gasteiger partial charge >= 0.3 is 0 Å². The maximum atomic E-state index is 12.5. The zero-order valence-electron chi connectivity index (χ0n) is 12.3. The second-order valence-electron chi connectivity index (χ2n) is 5.83. The van der Waals surface area contributed by atoms with Crippen LogP contribution in [-0.2, 0) is 4.79 Å². The molecular weight excluding hydrogens is 272 g/mol. The van der Waals surface area contributed by atoms with Gasteiger partial charge < -0.3 is 10.6 Å². The van der Waals surface area contributed by atoms with Crippen molar-refractivity contribution in [3.05, 3.63) is 54.6 Å². The van der Waals surface area contributed by atoms with Crippen molar-refractivity contribution in [1.29, 1.82) is 0 Å². The van der Waals surface area contributed by atoms with Crippen molar-refractivity contribution in [3.63, 3.8) is 0 Å². The highest BCUT2D eigenvalue weighted by molar-refractivity contribution is 6.15. The van der Waals surface area contributed by atoms with Gasteiger partial charge in [-0.15, -0.1) is 0 Å². The Bertz CT molecular complexity index is 796. The first kappa shape index (κ1) is 13.3. The molecule has 2 N–H and O–H groups in total. The minimum atomic E-state index is -0.0715. The van der Waals surface area contributed by atoms with Crippen LogP contribution in [0.5, 0.6) is 0 Å². The van der Waals surface area contributed by atoms with Crippen LogP contribution in [-0.4, -0.2) is 18.5 Å². The third-order valence-corrected chi connectivity index (χ3v) is 4.40. The molecular formula is C19H18N2O. The zero-order chi connectivity index (χ0) is 14.9. The maximum Gasteiger partial charge on any atom is 0.241 e. The van der Waals surface area contributed by atoms with Crippen molar-refractivity contribution in [2.45, 2.75) is 18.9 Å². The van der Waals surface area contributed by atoms with E-state index < -0.39 is 0 Å². The van der Waals surface area contributed by atoms with Gasteiger partial charge in [-0.25, -0.2) is 0 Å². The van der Waals surface area contributed by atoms with E-state index in [-0.39, 0.29) is 11.9 Å². The van der Waals surface area contributed by atoms with Gasteiger partial charge in [0.2, 0.25) is 5.91 Å². The van der Waals surface area contributed by atoms with Gasteiger partial charge in [-0.2, -0.15) is 0 Å². The molecule has 4 rings (SSSR count). The highest BCUT2D eigenvalue weighted by Crippen LogP contribution is 2.33. The molecule has 1 amide bonds. The number of hydrogen-bond acceptors (Lipinski definition) is 2. The van der Waals surface area contributed by atoms with Gasteiger partial charge in [-0.3, -0.25) is 4.79 Å². The molecule has 1 aliphatic heterocycles. The van der Waals surface area contributed by atoms with Crippen molar-refractivity contribution < 1.29 is 4.79 Å². The number of benzene rings is 3. The van der Waals surface area contributed by atoms with Crippen molar-refractivity contribution in [2.24, 2.45) is 0 Å². The molecule has 0 spiro atoms. The first-order chi connectivity index (χ1) is 10.8. The quantitative estimate of drug-likeness (QED) is 0.707. The number of nitrogens with one attached hydrogen (secondary N) is 2. The fraction of sp³-hybridized carbons (Fsp3) is 0.211. The lowest BCUT2D eigenvalue weighted by Crippen LogP contribution is -2.35. The normalized spacial score (nSPS) is 17.9. The summed E-state index contributed by atoms with van der Waals surface area (Å²) in [6.45, 7) is 0.925. The van der Waals surface area contributed by atoms with E-state index in [0.717, 1.165) is 46.6 Å². The van der Waals surface area contributed by atoms with E-state index >= 15 is 0 Å². The highest BCUT2D eigenvalue weighted by Gasteiger charge is 2.23. The average Bonchev–Trinajstić information content (AvgIpc) is 3.09. The Morgan fingerprint density at radius 1 is 1.00 bits per heavy atom. The number of anilines is 1. The van der Waals surface area contributed by atoms with Crippen LogP contribution < -0.4 is 10.6 Å². The van der Waals surface area contributed by atoms with Crippen LogP contribution in [0.3, 0.4) is 0 Å². The van der Waals surface area contributed by atoms with Crippen molar-refractivity contribution in [3.8, 4) is 0 Å². The minimum Gasteiger partial charge on any atom is -0.324 e. The Balaban J connectivity index is 1.86. The zero-order valence-corrected chi connectivity index (χ0v) is 12.3. The SMILES string of the molecule is O=C(Nc1c2ccccc2cc2ccccc12)C1CCCN1. The maximum absolute atomic E-state index is 12.5. The Morgan fingerprint density at radius 3 is 2.23 bits per heavy atom. The summed E-state index contributed by atoms with van der Waals surface area (Å²) in [5.74, 6) is 0.0685. The molecule has 3 nitrogen and oxygen atoms in total. The minimum absolute atomic E-state index is 0.0685. The summed E-state index contributed by atoms with van der Waals surface area (Å²) >= 11 is 0. The lowest BCUT2D eigenvalue weighted by molar-refractivity contribution is -0.117. The molecule has 1 fully saturated rings. The first-order valence-electron chi connectivity index (χ1n) is 7.78. The third-order valence-electron chi connectivity index (χ3n) is 4.40. The molecule has 3 aromatic carbocycles. The van der Waals surface area contributed by atoms with Gasteiger partial charge in [0.25, 0.3) is 0 Å². The monoisotopic (exact) mass is 290 g/mol. The van der Waals surface area contributed by atoms with Gasteiger partial charge in [-0.1, -0.05) is 48.5 Å². The summed E-state index contributed by atoms with van der Waals surface area (Å²) in [4.78, 5) is 12.5. The molecule has 1 aliphatic rings. The molecule has 3 aromatic rings. The Morgan fingerprint density at radius 2 is 1.64 bits per heavy atom. The Labute approximate surface area is 129 Å². The van der Waals surface area contributed by atoms with E-state index in [0.29, 0.717) is 0 Å². The number of amides is 1. The van der Waals surface area contributed by atoms with E-state index in [1.165, 1.54) is 0 Å². The van der Waals surface area contributed by atoms with Crippen LogP contribution >= 0.6 is 0 Å². The summed E-state index contributed by atoms with van der Waals surface area (Å²) < 4.78 is 0. The second-order valence-corrected chi connectivity index (χ2v) is 5.83. The van der Waals surface area contributed by atoms with Gasteiger partial charge in [-0.05, 0) is 36.2 Å². The van der Waals surface area contributed by atoms with Crippen molar-refractivity contribution >= 4 is 33.1 Å². The Hall–Kier alpha value is -2.39. The topological polar surface area (TPSA) is 41.1 Å². The lowest BCUT2D eigenvalue weighted by Gasteiger charge is -2.15. The number of rotatable bonds is 2. The predicted molar refractivity (Wildman–Crippen MR) is 91.1 cm³/mol. The average molecular weight is 290 g/mol. The molecule has 1 saturated heterocycles. The summed E-state index contributed by atoms with van der Waals surface area (Å²) in [5, 5.41) is 10.9. The van der Waals surface area contributed by atoms with Crippen LogP contribution in [0, 0.1) is 0 Å². The van der Waals surface area contributed by atoms with Gasteiger partial charge in [0.1, 0.15) is 0 Å². The van der Waals surface area contributed by atoms with Gasteiger partial charge in [0.15, 0.2) is 0 Å². The third kappa shape index (κ3) is 2.24. The molecule has 3 heteroatoms. The number of carbonyl (C=O) groups excluding carboxylic acids is 1. The molecule has 0 aliphatic carbocycles. The number of hydrogen-bond donors (Lipinski definition) is 2. The van der Waals surface area contributed by atoms with Crippen LogP contribution in [0.15, 0.2) is 54.6 Å². The van der Waals surface area contributed by atoms with Crippen molar-refractivity contribution in [2.75, 3.05) is 11.9 Å². The summed E-state index contributed by atoms with van der Waals surface area (Å²) in [6, 6.07) is 18.5. The van der Waals surface area contributed by atoms with E-state index in [1.807, 2.05) is 24.3 Å². The highest BCUT2D eigenvalue weighted by atomic mass is 16.2. The van der Waals surface area contributed by atoms with Crippen molar-refractivity contribution in [1.82, 2.24) is 5.32 Å². The molecule has 1 unspecified atom stereocenters. The van der Waals surface area contributed by atoms with Gasteiger partial charge in [0, 0.05) is 10.8 Å². The fourth-order valence-corrected chi connectivity index (χ4v) is 3.27. The van der Waals surface area contributed by atoms with Crippen LogP contribution in [0.1, 0.15) is 12.8 Å². The lowest BCUT2D eigenvalue weighted by atomic mass is 10.0. The summed E-state index contributed by atoms with van der Waals surface area (Å²) in [5.41, 5.74) is 0.924. The molecule has 110 valence electrons. The van der Waals surface area contributed by atoms with E-state index in [2.05, 4.69) is 41.0 Å². The molecule has 22 heavy (non-hydrogen) atoms. The molecule has 0 radical (unpaired) electrons. The van der Waals surface area contributed by atoms with E-state index in [4.69, 9.17) is 0 Å². The summed E-state index contributed by atoms with van der Waals surface area (Å²) in [7, 11) is 0. The van der Waals surface area contributed by atoms with Crippen LogP contribution in [0.2, 0.25) is 0 Å². The molecule has 1 atom stereocenters. The van der Waals surface area contributed by atoms with Crippen LogP contribution in [0.4, 0.5) is 5.69 Å². The number of carbonyl (C=O) groups is 1. The summed E-state index contributed by atoms with van der Waals surface area (Å²) in [6.07, 6.45) is 1.98. The second kappa shape index (κ2) is 5.43. The van der Waals surface area contributed by atoms with E-state index in [9.17, 15) is 4.79 Å². The Kier molecular flexibility index (Phi) is 3.28.